The number of hydrogen-bond donors (Lipinski definition) is 1. The third-order valence-electron chi connectivity index (χ3n) is 2.72. The van der Waals surface area contributed by atoms with Gasteiger partial charge in [0.2, 0.25) is 0 Å². The number of carbonyl (C=O) groups is 2. The fourth-order valence-electron chi connectivity index (χ4n) is 1.79. The van der Waals surface area contributed by atoms with Crippen LogP contribution in [0.15, 0.2) is 0 Å². The molecule has 5 heteroatoms. The Morgan fingerprint density at radius 1 is 1.24 bits per heavy atom. The highest BCUT2D eigenvalue weighted by molar-refractivity contribution is 5.75. The van der Waals surface area contributed by atoms with E-state index in [-0.39, 0.29) is 17.8 Å². The summed E-state index contributed by atoms with van der Waals surface area (Å²) in [6, 6.07) is 0. The molecular formula is C12H21NO4. The fraction of sp³-hybridized carbons (Fsp3) is 0.833. The molecular weight excluding hydrogens is 222 g/mol. The minimum absolute atomic E-state index is 0.0749. The average Bonchev–Trinajstić information content (AvgIpc) is 2.34. The summed E-state index contributed by atoms with van der Waals surface area (Å²) in [5.41, 5.74) is 2.02. The minimum Gasteiger partial charge on any atom is -0.447 e. The second-order valence-electron chi connectivity index (χ2n) is 4.85. The Balaban J connectivity index is 2.16. The van der Waals surface area contributed by atoms with E-state index in [0.29, 0.717) is 6.61 Å². The number of nitrogens with one attached hydrogen (secondary N) is 1. The molecule has 5 nitrogen and oxygen atoms in total. The highest BCUT2D eigenvalue weighted by atomic mass is 16.7. The Morgan fingerprint density at radius 3 is 2.47 bits per heavy atom. The van der Waals surface area contributed by atoms with E-state index >= 15 is 0 Å². The second-order valence-corrected chi connectivity index (χ2v) is 4.85. The van der Waals surface area contributed by atoms with Crippen LogP contribution in [0.2, 0.25) is 0 Å². The van der Waals surface area contributed by atoms with Crippen LogP contribution in [0, 0.1) is 11.8 Å². The van der Waals surface area contributed by atoms with Crippen molar-refractivity contribution in [1.82, 2.24) is 5.48 Å². The molecule has 1 N–H and O–H groups in total. The number of hydroxylamine groups is 1. The molecule has 1 saturated carbocycles. The van der Waals surface area contributed by atoms with Crippen molar-refractivity contribution in [3.8, 4) is 0 Å². The van der Waals surface area contributed by atoms with Gasteiger partial charge in [0.15, 0.2) is 0 Å². The van der Waals surface area contributed by atoms with Gasteiger partial charge in [-0.3, -0.25) is 0 Å². The average molecular weight is 243 g/mol. The van der Waals surface area contributed by atoms with Crippen molar-refractivity contribution in [2.45, 2.75) is 46.0 Å². The van der Waals surface area contributed by atoms with Crippen molar-refractivity contribution in [3.63, 3.8) is 0 Å². The van der Waals surface area contributed by atoms with E-state index in [0.717, 1.165) is 25.7 Å². The molecule has 1 aliphatic carbocycles. The van der Waals surface area contributed by atoms with Crippen LogP contribution >= 0.6 is 0 Å². The molecule has 0 saturated heterocycles. The maximum atomic E-state index is 11.5. The summed E-state index contributed by atoms with van der Waals surface area (Å²) in [4.78, 5) is 27.4. The molecule has 0 bridgehead atoms. The maximum Gasteiger partial charge on any atom is 0.440 e. The predicted molar refractivity (Wildman–Crippen MR) is 62.0 cm³/mol. The Morgan fingerprint density at radius 2 is 1.88 bits per heavy atom. The van der Waals surface area contributed by atoms with Crippen molar-refractivity contribution in [2.75, 3.05) is 6.61 Å². The first kappa shape index (κ1) is 13.8. The van der Waals surface area contributed by atoms with Gasteiger partial charge in [-0.2, -0.15) is 0 Å². The van der Waals surface area contributed by atoms with Crippen LogP contribution in [0.4, 0.5) is 4.79 Å². The number of hydrogen-bond acceptors (Lipinski definition) is 4. The van der Waals surface area contributed by atoms with Gasteiger partial charge in [-0.15, -0.1) is 5.48 Å². The standard InChI is InChI=1S/C12H21NO4/c1-9(2)8-16-12(15)13-17-11(14)10-6-4-3-5-7-10/h9-10H,3-8H2,1-2H3,(H,13,15). The van der Waals surface area contributed by atoms with Crippen molar-refractivity contribution in [3.05, 3.63) is 0 Å². The van der Waals surface area contributed by atoms with Crippen LogP contribution in [0.5, 0.6) is 0 Å². The Bertz CT molecular complexity index is 259. The highest BCUT2D eigenvalue weighted by Crippen LogP contribution is 2.24. The van der Waals surface area contributed by atoms with Gasteiger partial charge in [-0.25, -0.2) is 9.59 Å². The lowest BCUT2D eigenvalue weighted by Crippen LogP contribution is -2.32. The Labute approximate surface area is 102 Å². The summed E-state index contributed by atoms with van der Waals surface area (Å²) in [6.07, 6.45) is 4.27. The quantitative estimate of drug-likeness (QED) is 0.773. The summed E-state index contributed by atoms with van der Waals surface area (Å²) in [5.74, 6) is -0.171. The third kappa shape index (κ3) is 5.56. The molecule has 0 atom stereocenters. The lowest BCUT2D eigenvalue weighted by atomic mass is 9.89. The molecule has 0 unspecified atom stereocenters. The van der Waals surface area contributed by atoms with Gasteiger partial charge in [0.25, 0.3) is 0 Å². The van der Waals surface area contributed by atoms with Gasteiger partial charge in [-0.05, 0) is 18.8 Å². The third-order valence-corrected chi connectivity index (χ3v) is 2.72. The van der Waals surface area contributed by atoms with Crippen molar-refractivity contribution in [2.24, 2.45) is 11.8 Å². The topological polar surface area (TPSA) is 64.6 Å². The van der Waals surface area contributed by atoms with Gasteiger partial charge in [-0.1, -0.05) is 33.1 Å². The monoisotopic (exact) mass is 243 g/mol. The van der Waals surface area contributed by atoms with E-state index in [1.165, 1.54) is 6.42 Å². The first-order chi connectivity index (χ1) is 8.09. The number of ether oxygens (including phenoxy) is 1. The van der Waals surface area contributed by atoms with E-state index in [1.807, 2.05) is 19.3 Å². The van der Waals surface area contributed by atoms with Crippen LogP contribution in [-0.4, -0.2) is 18.7 Å². The zero-order valence-corrected chi connectivity index (χ0v) is 10.5. The summed E-state index contributed by atoms with van der Waals surface area (Å²) < 4.78 is 4.81. The molecule has 17 heavy (non-hydrogen) atoms. The van der Waals surface area contributed by atoms with Gasteiger partial charge < -0.3 is 9.57 Å². The number of carbonyl (C=O) groups excluding carboxylic acids is 2. The highest BCUT2D eigenvalue weighted by Gasteiger charge is 2.23. The number of rotatable bonds is 3. The molecule has 0 aromatic heterocycles. The first-order valence-electron chi connectivity index (χ1n) is 6.23. The Kier molecular flexibility index (Phi) is 5.80. The summed E-state index contributed by atoms with van der Waals surface area (Å²) >= 11 is 0. The maximum absolute atomic E-state index is 11.5. The van der Waals surface area contributed by atoms with E-state index in [1.54, 1.807) is 0 Å². The zero-order chi connectivity index (χ0) is 12.7. The predicted octanol–water partition coefficient (Wildman–Crippen LogP) is 2.41. The van der Waals surface area contributed by atoms with Gasteiger partial charge >= 0.3 is 12.1 Å². The molecule has 0 aliphatic heterocycles. The number of amides is 1. The Hall–Kier alpha value is -1.26. The normalized spacial score (nSPS) is 16.6. The van der Waals surface area contributed by atoms with Crippen molar-refractivity contribution >= 4 is 12.1 Å². The fourth-order valence-corrected chi connectivity index (χ4v) is 1.79. The minimum atomic E-state index is -0.706. The van der Waals surface area contributed by atoms with E-state index in [9.17, 15) is 9.59 Å². The molecule has 0 aromatic rings. The SMILES string of the molecule is CC(C)COC(=O)NOC(=O)C1CCCCC1. The molecule has 1 aliphatic rings. The van der Waals surface area contributed by atoms with E-state index in [4.69, 9.17) is 9.57 Å². The van der Waals surface area contributed by atoms with Crippen LogP contribution in [0.1, 0.15) is 46.0 Å². The lowest BCUT2D eigenvalue weighted by Gasteiger charge is -2.19. The zero-order valence-electron chi connectivity index (χ0n) is 10.5. The molecule has 1 amide bonds. The summed E-state index contributed by atoms with van der Waals surface area (Å²) in [5, 5.41) is 0. The molecule has 0 aromatic carbocycles. The lowest BCUT2D eigenvalue weighted by molar-refractivity contribution is -0.156. The first-order valence-corrected chi connectivity index (χ1v) is 6.23. The second kappa shape index (κ2) is 7.14. The van der Waals surface area contributed by atoms with E-state index < -0.39 is 6.09 Å². The van der Waals surface area contributed by atoms with E-state index in [2.05, 4.69) is 0 Å². The molecule has 1 fully saturated rings. The molecule has 98 valence electrons. The summed E-state index contributed by atoms with van der Waals surface area (Å²) in [7, 11) is 0. The molecule has 0 radical (unpaired) electrons. The van der Waals surface area contributed by atoms with Crippen LogP contribution in [0.3, 0.4) is 0 Å². The molecule has 1 rings (SSSR count). The molecule has 0 heterocycles. The van der Waals surface area contributed by atoms with Gasteiger partial charge in [0, 0.05) is 0 Å². The smallest absolute Gasteiger partial charge is 0.440 e. The van der Waals surface area contributed by atoms with Gasteiger partial charge in [0.05, 0.1) is 12.5 Å². The largest absolute Gasteiger partial charge is 0.447 e. The van der Waals surface area contributed by atoms with Crippen molar-refractivity contribution < 1.29 is 19.2 Å². The molecule has 0 spiro atoms. The van der Waals surface area contributed by atoms with Gasteiger partial charge in [0.1, 0.15) is 0 Å². The van der Waals surface area contributed by atoms with Crippen molar-refractivity contribution in [1.29, 1.82) is 0 Å². The van der Waals surface area contributed by atoms with Crippen LogP contribution < -0.4 is 5.48 Å². The van der Waals surface area contributed by atoms with Crippen LogP contribution in [-0.2, 0) is 14.4 Å². The van der Waals surface area contributed by atoms with Crippen LogP contribution in [0.25, 0.3) is 0 Å². The summed E-state index contributed by atoms with van der Waals surface area (Å²) in [6.45, 7) is 4.18.